The number of likely N-dealkylation sites (N-methyl/N-ethyl adjacent to an activating group) is 1. The Labute approximate surface area is 80.3 Å². The quantitative estimate of drug-likeness (QED) is 0.609. The third-order valence-electron chi connectivity index (χ3n) is 2.21. The van der Waals surface area contributed by atoms with Crippen molar-refractivity contribution in [1.82, 2.24) is 20.2 Å². The van der Waals surface area contributed by atoms with Crippen molar-refractivity contribution >= 4 is 11.9 Å². The van der Waals surface area contributed by atoms with E-state index in [-0.39, 0.29) is 11.9 Å². The van der Waals surface area contributed by atoms with Gasteiger partial charge < -0.3 is 10.6 Å². The monoisotopic (exact) mass is 194 g/mol. The Bertz CT molecular complexity index is 384. The topological polar surface area (TPSA) is 76.0 Å². The Balaban J connectivity index is 2.25. The molecule has 0 spiro atoms. The van der Waals surface area contributed by atoms with Crippen molar-refractivity contribution in [2.75, 3.05) is 7.05 Å². The minimum absolute atomic E-state index is 0.189. The molecule has 0 fully saturated rings. The number of aromatic nitrogens is 2. The van der Waals surface area contributed by atoms with Crippen LogP contribution in [0.25, 0.3) is 0 Å². The van der Waals surface area contributed by atoms with Crippen LogP contribution in [0.3, 0.4) is 0 Å². The first-order valence-corrected chi connectivity index (χ1v) is 4.26. The molecule has 1 aliphatic rings. The number of imidazole rings is 1. The van der Waals surface area contributed by atoms with E-state index in [0.717, 1.165) is 5.69 Å². The summed E-state index contributed by atoms with van der Waals surface area (Å²) in [7, 11) is 1.54. The van der Waals surface area contributed by atoms with Crippen LogP contribution in [0, 0.1) is 0 Å². The average Bonchev–Trinajstić information content (AvgIpc) is 2.64. The Kier molecular flexibility index (Phi) is 1.95. The summed E-state index contributed by atoms with van der Waals surface area (Å²) < 4.78 is 1.40. The third-order valence-corrected chi connectivity index (χ3v) is 2.21. The highest BCUT2D eigenvalue weighted by molar-refractivity contribution is 5.89. The smallest absolute Gasteiger partial charge is 0.327 e. The molecule has 0 saturated carbocycles. The van der Waals surface area contributed by atoms with E-state index in [1.165, 1.54) is 10.9 Å². The molecule has 14 heavy (non-hydrogen) atoms. The number of fused-ring (bicyclic) bond motifs is 1. The van der Waals surface area contributed by atoms with Gasteiger partial charge in [0.15, 0.2) is 0 Å². The van der Waals surface area contributed by atoms with Crippen LogP contribution in [-0.4, -0.2) is 34.6 Å². The van der Waals surface area contributed by atoms with Crippen molar-refractivity contribution in [2.45, 2.75) is 12.5 Å². The van der Waals surface area contributed by atoms with E-state index in [4.69, 9.17) is 0 Å². The maximum atomic E-state index is 11.4. The zero-order valence-corrected chi connectivity index (χ0v) is 7.65. The first kappa shape index (κ1) is 8.74. The van der Waals surface area contributed by atoms with Gasteiger partial charge in [0.05, 0.1) is 0 Å². The highest BCUT2D eigenvalue weighted by atomic mass is 16.2. The predicted molar refractivity (Wildman–Crippen MR) is 47.7 cm³/mol. The van der Waals surface area contributed by atoms with E-state index in [0.29, 0.717) is 6.42 Å². The minimum atomic E-state index is -0.489. The van der Waals surface area contributed by atoms with E-state index in [1.54, 1.807) is 13.2 Å². The minimum Gasteiger partial charge on any atom is -0.357 e. The van der Waals surface area contributed by atoms with E-state index in [9.17, 15) is 9.59 Å². The number of hydrogen-bond acceptors (Lipinski definition) is 3. The molecule has 1 aromatic heterocycles. The molecule has 1 aromatic rings. The molecule has 0 aromatic carbocycles. The maximum Gasteiger partial charge on any atom is 0.327 e. The Morgan fingerprint density at radius 3 is 3.29 bits per heavy atom. The summed E-state index contributed by atoms with van der Waals surface area (Å²) >= 11 is 0. The van der Waals surface area contributed by atoms with Gasteiger partial charge in [0.2, 0.25) is 5.91 Å². The first-order valence-electron chi connectivity index (χ1n) is 4.26. The molecule has 2 amide bonds. The first-order chi connectivity index (χ1) is 6.72. The molecule has 74 valence electrons. The molecule has 6 nitrogen and oxygen atoms in total. The average molecular weight is 194 g/mol. The van der Waals surface area contributed by atoms with Gasteiger partial charge in [-0.1, -0.05) is 0 Å². The van der Waals surface area contributed by atoms with Gasteiger partial charge in [-0.05, 0) is 0 Å². The molecular weight excluding hydrogens is 184 g/mol. The lowest BCUT2D eigenvalue weighted by Gasteiger charge is -2.22. The van der Waals surface area contributed by atoms with Crippen molar-refractivity contribution in [3.8, 4) is 0 Å². The summed E-state index contributed by atoms with van der Waals surface area (Å²) in [5.74, 6) is -0.189. The number of nitrogens with one attached hydrogen (secondary N) is 2. The van der Waals surface area contributed by atoms with Crippen LogP contribution in [0.2, 0.25) is 0 Å². The van der Waals surface area contributed by atoms with Gasteiger partial charge in [-0.15, -0.1) is 0 Å². The van der Waals surface area contributed by atoms with Gasteiger partial charge in [0.1, 0.15) is 12.4 Å². The van der Waals surface area contributed by atoms with Gasteiger partial charge in [0, 0.05) is 25.4 Å². The van der Waals surface area contributed by atoms with Crippen LogP contribution < -0.4 is 10.6 Å². The maximum absolute atomic E-state index is 11.4. The molecule has 0 aliphatic carbocycles. The van der Waals surface area contributed by atoms with Gasteiger partial charge in [-0.3, -0.25) is 9.36 Å². The van der Waals surface area contributed by atoms with E-state index >= 15 is 0 Å². The summed E-state index contributed by atoms with van der Waals surface area (Å²) in [5, 5.41) is 5.08. The predicted octanol–water partition coefficient (Wildman–Crippen LogP) is -0.889. The summed E-state index contributed by atoms with van der Waals surface area (Å²) in [6.45, 7) is 0. The number of nitrogens with zero attached hydrogens (tertiary/aromatic N) is 2. The Morgan fingerprint density at radius 1 is 1.79 bits per heavy atom. The Hall–Kier alpha value is -1.85. The number of rotatable bonds is 1. The molecule has 1 aliphatic heterocycles. The fourth-order valence-electron chi connectivity index (χ4n) is 1.47. The van der Waals surface area contributed by atoms with Crippen molar-refractivity contribution in [1.29, 1.82) is 0 Å². The molecule has 0 radical (unpaired) electrons. The molecule has 0 bridgehead atoms. The van der Waals surface area contributed by atoms with E-state index in [2.05, 4.69) is 15.6 Å². The van der Waals surface area contributed by atoms with Gasteiger partial charge in [-0.25, -0.2) is 9.78 Å². The molecule has 0 saturated heterocycles. The highest BCUT2D eigenvalue weighted by Gasteiger charge is 2.27. The molecule has 2 rings (SSSR count). The van der Waals surface area contributed by atoms with Gasteiger partial charge in [-0.2, -0.15) is 0 Å². The van der Waals surface area contributed by atoms with Crippen molar-refractivity contribution in [3.63, 3.8) is 0 Å². The molecule has 0 unspecified atom stereocenters. The van der Waals surface area contributed by atoms with Crippen LogP contribution in [0.15, 0.2) is 12.5 Å². The van der Waals surface area contributed by atoms with Crippen LogP contribution in [0.5, 0.6) is 0 Å². The lowest BCUT2D eigenvalue weighted by atomic mass is 10.1. The largest absolute Gasteiger partial charge is 0.357 e. The van der Waals surface area contributed by atoms with E-state index in [1.807, 2.05) is 0 Å². The van der Waals surface area contributed by atoms with Crippen LogP contribution in [0.4, 0.5) is 4.79 Å². The summed E-state index contributed by atoms with van der Waals surface area (Å²) in [5.41, 5.74) is 0.752. The number of carbonyl (C=O) groups excluding carboxylic acids is 2. The standard InChI is InChI=1S/C8H10N4O2/c1-9-7(13)6-2-5-3-10-4-12(5)8(14)11-6/h3-4,6H,2H2,1H3,(H,9,13)(H,11,14)/t6-/m0/s1. The van der Waals surface area contributed by atoms with Crippen molar-refractivity contribution in [3.05, 3.63) is 18.2 Å². The normalized spacial score (nSPS) is 19.8. The molecule has 2 heterocycles. The lowest BCUT2D eigenvalue weighted by molar-refractivity contribution is -0.122. The van der Waals surface area contributed by atoms with Crippen LogP contribution in [-0.2, 0) is 11.2 Å². The second-order valence-electron chi connectivity index (χ2n) is 3.08. The fraction of sp³-hybridized carbons (Fsp3) is 0.375. The van der Waals surface area contributed by atoms with Crippen molar-refractivity contribution in [2.24, 2.45) is 0 Å². The molecular formula is C8H10N4O2. The summed E-state index contributed by atoms with van der Waals surface area (Å²) in [6, 6.07) is -0.797. The zero-order valence-electron chi connectivity index (χ0n) is 7.65. The van der Waals surface area contributed by atoms with E-state index < -0.39 is 6.04 Å². The fourth-order valence-corrected chi connectivity index (χ4v) is 1.47. The SMILES string of the molecule is CNC(=O)[C@@H]1Cc2cncn2C(=O)N1. The number of hydrogen-bond donors (Lipinski definition) is 2. The van der Waals surface area contributed by atoms with Crippen LogP contribution in [0.1, 0.15) is 5.69 Å². The molecule has 2 N–H and O–H groups in total. The Morgan fingerprint density at radius 2 is 2.57 bits per heavy atom. The van der Waals surface area contributed by atoms with Gasteiger partial charge in [0.25, 0.3) is 0 Å². The number of carbonyl (C=O) groups is 2. The zero-order chi connectivity index (χ0) is 10.1. The summed E-state index contributed by atoms with van der Waals surface area (Å²) in [4.78, 5) is 26.5. The second-order valence-corrected chi connectivity index (χ2v) is 3.08. The molecule has 1 atom stereocenters. The lowest BCUT2D eigenvalue weighted by Crippen LogP contribution is -2.51. The summed E-state index contributed by atoms with van der Waals surface area (Å²) in [6.07, 6.45) is 3.50. The highest BCUT2D eigenvalue weighted by Crippen LogP contribution is 2.08. The van der Waals surface area contributed by atoms with Crippen molar-refractivity contribution < 1.29 is 9.59 Å². The number of amides is 2. The van der Waals surface area contributed by atoms with Crippen LogP contribution >= 0.6 is 0 Å². The molecule has 6 heteroatoms. The second kappa shape index (κ2) is 3.13. The van der Waals surface area contributed by atoms with Gasteiger partial charge >= 0.3 is 6.03 Å². The third kappa shape index (κ3) is 1.24.